The highest BCUT2D eigenvalue weighted by Crippen LogP contribution is 2.47. The first-order valence-electron chi connectivity index (χ1n) is 29.9. The monoisotopic (exact) mass is 1080 g/mol. The van der Waals surface area contributed by atoms with Gasteiger partial charge in [-0.2, -0.15) is 0 Å². The quantitative estimate of drug-likeness (QED) is 0.107. The summed E-state index contributed by atoms with van der Waals surface area (Å²) in [5, 5.41) is 6.35. The number of aryl methyl sites for hydroxylation is 1. The number of rotatable bonds is 14. The van der Waals surface area contributed by atoms with Gasteiger partial charge in [-0.1, -0.05) is 303 Å². The summed E-state index contributed by atoms with van der Waals surface area (Å²) in [5.74, 6) is 0. The highest BCUT2D eigenvalue weighted by molar-refractivity contribution is 6.20. The minimum atomic E-state index is 0.0942. The van der Waals surface area contributed by atoms with Crippen LogP contribution in [-0.4, -0.2) is 4.57 Å². The van der Waals surface area contributed by atoms with Gasteiger partial charge in [0.1, 0.15) is 0 Å². The Balaban J connectivity index is 0.000000690. The Hall–Kier alpha value is -9.24. The van der Waals surface area contributed by atoms with E-state index in [1.165, 1.54) is 60.8 Å². The maximum Gasteiger partial charge on any atom is 0.0583 e. The molecule has 0 bridgehead atoms. The first kappa shape index (κ1) is 61.4. The van der Waals surface area contributed by atoms with Crippen LogP contribution >= 0.6 is 0 Å². The molecule has 0 amide bonds. The van der Waals surface area contributed by atoms with E-state index in [-0.39, 0.29) is 6.04 Å². The molecule has 0 saturated heterocycles. The fraction of sp³-hybridized carbons (Fsp3) is 0.160. The molecule has 0 spiro atoms. The first-order chi connectivity index (χ1) is 40.9. The predicted molar refractivity (Wildman–Crippen MR) is 369 cm³/mol. The number of hydrogen-bond donors (Lipinski definition) is 1. The molecule has 1 atom stereocenters. The van der Waals surface area contributed by atoms with Crippen molar-refractivity contribution in [1.82, 2.24) is 4.57 Å². The summed E-state index contributed by atoms with van der Waals surface area (Å²) in [4.78, 5) is 0. The van der Waals surface area contributed by atoms with Crippen molar-refractivity contribution in [2.24, 2.45) is 0 Å². The largest absolute Gasteiger partial charge is 0.355 e. The average molecular weight is 1090 g/mol. The van der Waals surface area contributed by atoms with Crippen LogP contribution in [0.4, 0.5) is 11.4 Å². The minimum Gasteiger partial charge on any atom is -0.355 e. The van der Waals surface area contributed by atoms with E-state index >= 15 is 0 Å². The van der Waals surface area contributed by atoms with Crippen molar-refractivity contribution in [3.63, 3.8) is 0 Å². The molecule has 418 valence electrons. The molecule has 9 aromatic rings. The van der Waals surface area contributed by atoms with Crippen LogP contribution in [0.3, 0.4) is 0 Å². The number of nitrogens with one attached hydrogen (secondary N) is 1. The Morgan fingerprint density at radius 3 is 1.86 bits per heavy atom. The lowest BCUT2D eigenvalue weighted by molar-refractivity contribution is 0.648. The van der Waals surface area contributed by atoms with Gasteiger partial charge in [0.15, 0.2) is 0 Å². The van der Waals surface area contributed by atoms with E-state index in [0.717, 1.165) is 75.2 Å². The van der Waals surface area contributed by atoms with Crippen molar-refractivity contribution in [3.05, 3.63) is 320 Å². The zero-order chi connectivity index (χ0) is 58.9. The molecule has 0 fully saturated rings. The van der Waals surface area contributed by atoms with Crippen LogP contribution in [0.25, 0.3) is 71.9 Å². The molecule has 0 radical (unpaired) electrons. The van der Waals surface area contributed by atoms with Gasteiger partial charge >= 0.3 is 0 Å². The Bertz CT molecular complexity index is 3830. The fourth-order valence-corrected chi connectivity index (χ4v) is 10.6. The molecule has 2 nitrogen and oxygen atoms in total. The van der Waals surface area contributed by atoms with E-state index in [1.54, 1.807) is 0 Å². The van der Waals surface area contributed by atoms with E-state index in [9.17, 15) is 0 Å². The van der Waals surface area contributed by atoms with Crippen molar-refractivity contribution < 1.29 is 0 Å². The first-order valence-corrected chi connectivity index (χ1v) is 29.9. The summed E-state index contributed by atoms with van der Waals surface area (Å²) in [6.45, 7) is 27.3. The molecule has 1 aromatic heterocycles. The van der Waals surface area contributed by atoms with Crippen LogP contribution in [-0.2, 0) is 0 Å². The Kier molecular flexibility index (Phi) is 23.4. The van der Waals surface area contributed by atoms with E-state index in [4.69, 9.17) is 0 Å². The molecule has 1 unspecified atom stereocenters. The molecule has 0 aliphatic heterocycles. The Morgan fingerprint density at radius 1 is 0.578 bits per heavy atom. The third-order valence-electron chi connectivity index (χ3n) is 14.5. The number of fused-ring (bicyclic) bond motifs is 3. The summed E-state index contributed by atoms with van der Waals surface area (Å²) < 4.78 is 2.63. The smallest absolute Gasteiger partial charge is 0.0583 e. The maximum absolute atomic E-state index is 4.56. The SMILES string of the molecule is C=C/C(=C\C=C/C)c1ccc(-c2ccccc2)c2c1c1cccc(-c3ccc(Nc4cccc(-c5ccccc5)c4)c(/C(C)=C/C(=C\C(=C)c4ccccc4)C4=CCCC=C4)c3)c1n2C1C=CC=CC1.CC.CC.CC.Cc1ccccc1. The van der Waals surface area contributed by atoms with Crippen LogP contribution in [0.1, 0.15) is 103 Å². The average Bonchev–Trinajstić information content (AvgIpc) is 4.11. The summed E-state index contributed by atoms with van der Waals surface area (Å²) in [5.41, 5.74) is 21.8. The second-order valence-electron chi connectivity index (χ2n) is 19.7. The molecule has 8 aromatic carbocycles. The van der Waals surface area contributed by atoms with Gasteiger partial charge in [-0.25, -0.2) is 0 Å². The number of anilines is 2. The molecule has 0 saturated carbocycles. The standard InChI is InChI=1S/C68H58N2.C7H8.3C2H6/c1-5-7-25-50(6-2)60-41-42-62(54-32-19-11-20-33-54)68-66(60)63-39-24-38-61(67(63)70(68)59-36-21-12-22-37-59)56-40-43-65(69-58-35-23-34-55(46-58)52-28-15-9-16-29-52)64(47-56)49(4)45-57(53-30-17-10-18-31-53)44-48(3)51-26-13-8-14-27-51;1-7-5-3-2-4-6-7;3*1-2/h5-9,11-17,19-36,38-47,59,69H,2-3,10,18,37H2,1,4H3;2-6H,1H3;3*1-2H3/b7-5-,49-45+,50-25+,57-44+;;;;. The third kappa shape index (κ3) is 15.2. The summed E-state index contributed by atoms with van der Waals surface area (Å²) in [6, 6.07) is 69.4. The van der Waals surface area contributed by atoms with Crippen molar-refractivity contribution in [3.8, 4) is 33.4 Å². The molecule has 2 aliphatic carbocycles. The molecule has 2 aliphatic rings. The minimum absolute atomic E-state index is 0.0942. The number of allylic oxidation sites excluding steroid dienone is 18. The molecule has 1 heterocycles. The van der Waals surface area contributed by atoms with Crippen LogP contribution in [0.2, 0.25) is 0 Å². The second-order valence-corrected chi connectivity index (χ2v) is 19.7. The number of para-hydroxylation sites is 1. The lowest BCUT2D eigenvalue weighted by Gasteiger charge is -2.22. The molecular formula is C81H84N2. The molecular weight excluding hydrogens is 1000 g/mol. The second kappa shape index (κ2) is 31.7. The lowest BCUT2D eigenvalue weighted by atomic mass is 9.91. The maximum atomic E-state index is 4.56. The molecule has 11 rings (SSSR count). The number of hydrogen-bond acceptors (Lipinski definition) is 1. The zero-order valence-corrected chi connectivity index (χ0v) is 50.5. The number of aromatic nitrogens is 1. The van der Waals surface area contributed by atoms with E-state index < -0.39 is 0 Å². The van der Waals surface area contributed by atoms with Gasteiger partial charge in [0, 0.05) is 38.8 Å². The van der Waals surface area contributed by atoms with Gasteiger partial charge in [-0.05, 0) is 132 Å². The fourth-order valence-electron chi connectivity index (χ4n) is 10.6. The number of benzene rings is 8. The zero-order valence-electron chi connectivity index (χ0n) is 50.5. The van der Waals surface area contributed by atoms with Crippen molar-refractivity contribution in [2.75, 3.05) is 5.32 Å². The van der Waals surface area contributed by atoms with Gasteiger partial charge in [0.05, 0.1) is 17.1 Å². The predicted octanol–water partition coefficient (Wildman–Crippen LogP) is 24.1. The van der Waals surface area contributed by atoms with Crippen molar-refractivity contribution >= 4 is 49.9 Å². The van der Waals surface area contributed by atoms with Crippen LogP contribution in [0, 0.1) is 6.92 Å². The van der Waals surface area contributed by atoms with E-state index in [1.807, 2.05) is 65.8 Å². The van der Waals surface area contributed by atoms with Gasteiger partial charge in [-0.15, -0.1) is 0 Å². The normalized spacial score (nSPS) is 13.8. The van der Waals surface area contributed by atoms with Crippen LogP contribution < -0.4 is 5.32 Å². The highest BCUT2D eigenvalue weighted by Gasteiger charge is 2.25. The summed E-state index contributed by atoms with van der Waals surface area (Å²) in [6.07, 6.45) is 31.8. The van der Waals surface area contributed by atoms with Gasteiger partial charge in [-0.3, -0.25) is 0 Å². The highest BCUT2D eigenvalue weighted by atomic mass is 15.0. The van der Waals surface area contributed by atoms with Gasteiger partial charge < -0.3 is 9.88 Å². The van der Waals surface area contributed by atoms with Crippen molar-refractivity contribution in [1.29, 1.82) is 0 Å². The van der Waals surface area contributed by atoms with Gasteiger partial charge in [0.25, 0.3) is 0 Å². The summed E-state index contributed by atoms with van der Waals surface area (Å²) in [7, 11) is 0. The van der Waals surface area contributed by atoms with E-state index in [2.05, 4.69) is 293 Å². The Labute approximate surface area is 497 Å². The van der Waals surface area contributed by atoms with Crippen LogP contribution in [0.15, 0.2) is 297 Å². The Morgan fingerprint density at radius 2 is 1.23 bits per heavy atom. The van der Waals surface area contributed by atoms with E-state index in [0.29, 0.717) is 0 Å². The molecule has 1 N–H and O–H groups in total. The summed E-state index contributed by atoms with van der Waals surface area (Å²) >= 11 is 0. The number of nitrogens with zero attached hydrogens (tertiary/aromatic N) is 1. The topological polar surface area (TPSA) is 17.0 Å². The van der Waals surface area contributed by atoms with Gasteiger partial charge in [0.2, 0.25) is 0 Å². The van der Waals surface area contributed by atoms with Crippen molar-refractivity contribution in [2.45, 2.75) is 87.6 Å². The molecule has 2 heteroatoms. The lowest BCUT2D eigenvalue weighted by Crippen LogP contribution is -2.08. The third-order valence-corrected chi connectivity index (χ3v) is 14.5. The van der Waals surface area contributed by atoms with Crippen LogP contribution in [0.5, 0.6) is 0 Å². The molecule has 83 heavy (non-hydrogen) atoms.